The molecule has 2 rings (SSSR count). The van der Waals surface area contributed by atoms with Crippen molar-refractivity contribution < 1.29 is 19.1 Å². The summed E-state index contributed by atoms with van der Waals surface area (Å²) in [6.07, 6.45) is 6.48. The van der Waals surface area contributed by atoms with Gasteiger partial charge in [0.05, 0.1) is 14.2 Å². The van der Waals surface area contributed by atoms with E-state index in [4.69, 9.17) is 9.47 Å². The molecule has 2 fully saturated rings. The van der Waals surface area contributed by atoms with E-state index in [0.717, 1.165) is 30.2 Å². The van der Waals surface area contributed by atoms with Gasteiger partial charge in [-0.15, -0.1) is 0 Å². The van der Waals surface area contributed by atoms with E-state index in [2.05, 4.69) is 15.9 Å². The van der Waals surface area contributed by atoms with E-state index >= 15 is 0 Å². The van der Waals surface area contributed by atoms with Crippen molar-refractivity contribution in [1.82, 2.24) is 0 Å². The first-order valence-electron chi connectivity index (χ1n) is 7.44. The smallest absolute Gasteiger partial charge is 0.323 e. The van der Waals surface area contributed by atoms with Gasteiger partial charge in [0.25, 0.3) is 0 Å². The Morgan fingerprint density at radius 3 is 2.00 bits per heavy atom. The van der Waals surface area contributed by atoms with Crippen molar-refractivity contribution in [1.29, 1.82) is 0 Å². The predicted molar refractivity (Wildman–Crippen MR) is 82.8 cm³/mol. The standard InChI is InChI=1S/C16H23BrO4/c1-11(17)12-9-16(13(18)20-2,14(19)21-3)10-15(12)7-5-4-6-8-15/h4-10H2,1-3H3/b12-11-. The number of carbonyl (C=O) groups excluding carboxylic acids is 2. The van der Waals surface area contributed by atoms with Crippen LogP contribution < -0.4 is 0 Å². The maximum absolute atomic E-state index is 12.4. The third kappa shape index (κ3) is 2.65. The van der Waals surface area contributed by atoms with Crippen LogP contribution in [0.25, 0.3) is 0 Å². The molecule has 0 saturated heterocycles. The largest absolute Gasteiger partial charge is 0.468 e. The number of esters is 2. The molecule has 0 radical (unpaired) electrons. The Morgan fingerprint density at radius 2 is 1.57 bits per heavy atom. The molecule has 21 heavy (non-hydrogen) atoms. The van der Waals surface area contributed by atoms with Crippen molar-refractivity contribution in [3.8, 4) is 0 Å². The average molecular weight is 359 g/mol. The van der Waals surface area contributed by atoms with Crippen LogP contribution in [0.4, 0.5) is 0 Å². The van der Waals surface area contributed by atoms with E-state index in [-0.39, 0.29) is 5.41 Å². The molecule has 0 atom stereocenters. The van der Waals surface area contributed by atoms with E-state index in [1.807, 2.05) is 6.92 Å². The molecule has 4 nitrogen and oxygen atoms in total. The van der Waals surface area contributed by atoms with Gasteiger partial charge in [-0.3, -0.25) is 9.59 Å². The van der Waals surface area contributed by atoms with Crippen molar-refractivity contribution in [2.45, 2.75) is 51.9 Å². The quantitative estimate of drug-likeness (QED) is 0.557. The Hall–Kier alpha value is -0.840. The lowest BCUT2D eigenvalue weighted by Gasteiger charge is -2.36. The van der Waals surface area contributed by atoms with Crippen molar-refractivity contribution in [3.05, 3.63) is 10.1 Å². The molecule has 0 aliphatic heterocycles. The minimum Gasteiger partial charge on any atom is -0.468 e. The highest BCUT2D eigenvalue weighted by Gasteiger charge is 2.61. The number of methoxy groups -OCH3 is 2. The number of hydrogen-bond donors (Lipinski definition) is 0. The number of halogens is 1. The maximum Gasteiger partial charge on any atom is 0.323 e. The molecular formula is C16H23BrO4. The van der Waals surface area contributed by atoms with Gasteiger partial charge in [-0.1, -0.05) is 40.8 Å². The first-order chi connectivity index (χ1) is 9.92. The highest BCUT2D eigenvalue weighted by molar-refractivity contribution is 9.11. The van der Waals surface area contributed by atoms with E-state index in [9.17, 15) is 9.59 Å². The molecule has 0 aromatic carbocycles. The second-order valence-corrected chi connectivity index (χ2v) is 7.46. The van der Waals surface area contributed by atoms with Crippen LogP contribution in [0.5, 0.6) is 0 Å². The fourth-order valence-corrected chi connectivity index (χ4v) is 4.75. The molecule has 0 heterocycles. The highest BCUT2D eigenvalue weighted by Crippen LogP contribution is 2.61. The van der Waals surface area contributed by atoms with E-state index < -0.39 is 17.4 Å². The molecule has 0 bridgehead atoms. The first-order valence-corrected chi connectivity index (χ1v) is 8.24. The summed E-state index contributed by atoms with van der Waals surface area (Å²) in [4.78, 5) is 24.7. The van der Waals surface area contributed by atoms with Crippen LogP contribution in [0.15, 0.2) is 10.1 Å². The van der Waals surface area contributed by atoms with Gasteiger partial charge in [0.15, 0.2) is 5.41 Å². The number of carbonyl (C=O) groups is 2. The van der Waals surface area contributed by atoms with Crippen LogP contribution in [0, 0.1) is 10.8 Å². The van der Waals surface area contributed by atoms with Gasteiger partial charge in [0, 0.05) is 0 Å². The Labute approximate surface area is 134 Å². The molecule has 5 heteroatoms. The zero-order valence-electron chi connectivity index (χ0n) is 13.0. The van der Waals surface area contributed by atoms with Gasteiger partial charge in [-0.2, -0.15) is 0 Å². The van der Waals surface area contributed by atoms with Crippen molar-refractivity contribution in [2.75, 3.05) is 14.2 Å². The van der Waals surface area contributed by atoms with E-state index in [1.54, 1.807) is 0 Å². The van der Waals surface area contributed by atoms with Gasteiger partial charge in [-0.25, -0.2) is 0 Å². The van der Waals surface area contributed by atoms with Crippen molar-refractivity contribution in [2.24, 2.45) is 10.8 Å². The van der Waals surface area contributed by atoms with Crippen LogP contribution in [0.1, 0.15) is 51.9 Å². The summed E-state index contributed by atoms with van der Waals surface area (Å²) < 4.78 is 10.9. The normalized spacial score (nSPS) is 25.5. The maximum atomic E-state index is 12.4. The summed E-state index contributed by atoms with van der Waals surface area (Å²) >= 11 is 3.58. The molecule has 118 valence electrons. The summed E-state index contributed by atoms with van der Waals surface area (Å²) in [7, 11) is 2.67. The van der Waals surface area contributed by atoms with Gasteiger partial charge in [0.2, 0.25) is 0 Å². The Morgan fingerprint density at radius 1 is 1.05 bits per heavy atom. The molecule has 0 N–H and O–H groups in total. The van der Waals surface area contributed by atoms with E-state index in [1.165, 1.54) is 26.2 Å². The van der Waals surface area contributed by atoms with Crippen LogP contribution in [0.3, 0.4) is 0 Å². The summed E-state index contributed by atoms with van der Waals surface area (Å²) in [6, 6.07) is 0. The van der Waals surface area contributed by atoms with Crippen molar-refractivity contribution >= 4 is 27.9 Å². The zero-order chi connectivity index (χ0) is 15.7. The lowest BCUT2D eigenvalue weighted by molar-refractivity contribution is -0.169. The zero-order valence-corrected chi connectivity index (χ0v) is 14.5. The Kier molecular flexibility index (Phi) is 4.81. The second-order valence-electron chi connectivity index (χ2n) is 6.27. The monoisotopic (exact) mass is 358 g/mol. The fraction of sp³-hybridized carbons (Fsp3) is 0.750. The molecule has 0 amide bonds. The molecular weight excluding hydrogens is 336 g/mol. The molecule has 1 spiro atoms. The van der Waals surface area contributed by atoms with Crippen LogP contribution in [-0.2, 0) is 19.1 Å². The average Bonchev–Trinajstić information content (AvgIpc) is 2.82. The summed E-state index contributed by atoms with van der Waals surface area (Å²) in [6.45, 7) is 2.00. The lowest BCUT2D eigenvalue weighted by Crippen LogP contribution is -2.40. The van der Waals surface area contributed by atoms with Crippen LogP contribution in [0.2, 0.25) is 0 Å². The van der Waals surface area contributed by atoms with Crippen LogP contribution >= 0.6 is 15.9 Å². The summed E-state index contributed by atoms with van der Waals surface area (Å²) in [5, 5.41) is 0. The second kappa shape index (κ2) is 6.11. The number of ether oxygens (including phenoxy) is 2. The first kappa shape index (κ1) is 16.5. The molecule has 2 aliphatic carbocycles. The van der Waals surface area contributed by atoms with E-state index in [0.29, 0.717) is 12.8 Å². The number of hydrogen-bond acceptors (Lipinski definition) is 4. The van der Waals surface area contributed by atoms with Gasteiger partial charge in [0.1, 0.15) is 0 Å². The lowest BCUT2D eigenvalue weighted by atomic mass is 9.68. The predicted octanol–water partition coefficient (Wildman–Crippen LogP) is 3.73. The van der Waals surface area contributed by atoms with Crippen LogP contribution in [-0.4, -0.2) is 26.2 Å². The number of rotatable bonds is 2. The Balaban J connectivity index is 2.49. The van der Waals surface area contributed by atoms with Gasteiger partial charge < -0.3 is 9.47 Å². The highest BCUT2D eigenvalue weighted by atomic mass is 79.9. The van der Waals surface area contributed by atoms with Gasteiger partial charge >= 0.3 is 11.9 Å². The Bertz CT molecular complexity index is 455. The molecule has 2 saturated carbocycles. The van der Waals surface area contributed by atoms with Gasteiger partial charge in [-0.05, 0) is 42.5 Å². The fourth-order valence-electron chi connectivity index (χ4n) is 4.19. The molecule has 2 aliphatic rings. The summed E-state index contributed by atoms with van der Waals surface area (Å²) in [5.41, 5.74) is -0.0441. The molecule has 0 unspecified atom stereocenters. The molecule has 0 aromatic rings. The number of allylic oxidation sites excluding steroid dienone is 2. The minimum atomic E-state index is -1.18. The SMILES string of the molecule is COC(=O)C1(C(=O)OC)C/C(=C(\C)Br)C2(CCCCC2)C1. The molecule has 0 aromatic heterocycles. The summed E-state index contributed by atoms with van der Waals surface area (Å²) in [5.74, 6) is -0.939. The van der Waals surface area contributed by atoms with Crippen molar-refractivity contribution in [3.63, 3.8) is 0 Å². The third-order valence-corrected chi connectivity index (χ3v) is 5.62. The minimum absolute atomic E-state index is 0.0613. The third-order valence-electron chi connectivity index (χ3n) is 5.14. The topological polar surface area (TPSA) is 52.6 Å².